The molecular formula is C22H25N3O3S2. The van der Waals surface area contributed by atoms with Crippen LogP contribution in [0.2, 0.25) is 0 Å². The average Bonchev–Trinajstić information content (AvgIpc) is 3.15. The molecule has 0 aliphatic carbocycles. The number of nitrogens with one attached hydrogen (secondary N) is 1. The third-order valence-corrected chi connectivity index (χ3v) is 8.59. The van der Waals surface area contributed by atoms with E-state index >= 15 is 0 Å². The molecule has 2 aromatic carbocycles. The van der Waals surface area contributed by atoms with Crippen LogP contribution in [0.1, 0.15) is 47.1 Å². The molecular weight excluding hydrogens is 418 g/mol. The number of rotatable bonds is 5. The van der Waals surface area contributed by atoms with Crippen molar-refractivity contribution in [3.8, 4) is 0 Å². The molecule has 0 bridgehead atoms. The van der Waals surface area contributed by atoms with Crippen LogP contribution in [0, 0.1) is 6.92 Å². The molecule has 1 N–H and O–H groups in total. The SMILES string of the molecule is Cc1ccc(S(=O)(=O)N2CCCCC2C)cc1C(=O)NCc1nc2ccccc2s1. The van der Waals surface area contributed by atoms with Gasteiger partial charge >= 0.3 is 0 Å². The average molecular weight is 444 g/mol. The third kappa shape index (κ3) is 4.12. The van der Waals surface area contributed by atoms with Crippen LogP contribution in [-0.2, 0) is 16.6 Å². The van der Waals surface area contributed by atoms with Crippen LogP contribution in [0.25, 0.3) is 10.2 Å². The topological polar surface area (TPSA) is 79.4 Å². The number of piperidine rings is 1. The third-order valence-electron chi connectivity index (χ3n) is 5.54. The summed E-state index contributed by atoms with van der Waals surface area (Å²) in [5, 5.41) is 3.70. The molecule has 2 heterocycles. The number of thiazole rings is 1. The fraction of sp³-hybridized carbons (Fsp3) is 0.364. The highest BCUT2D eigenvalue weighted by atomic mass is 32.2. The second-order valence-electron chi connectivity index (χ2n) is 7.70. The molecule has 1 aliphatic rings. The highest BCUT2D eigenvalue weighted by Crippen LogP contribution is 2.27. The first-order chi connectivity index (χ1) is 14.4. The lowest BCUT2D eigenvalue weighted by atomic mass is 10.1. The monoisotopic (exact) mass is 443 g/mol. The summed E-state index contributed by atoms with van der Waals surface area (Å²) in [6.45, 7) is 4.58. The number of carbonyl (C=O) groups excluding carboxylic acids is 1. The first kappa shape index (κ1) is 21.0. The summed E-state index contributed by atoms with van der Waals surface area (Å²) < 4.78 is 28.9. The van der Waals surface area contributed by atoms with Crippen LogP contribution in [0.3, 0.4) is 0 Å². The van der Waals surface area contributed by atoms with Crippen molar-refractivity contribution in [2.75, 3.05) is 6.54 Å². The largest absolute Gasteiger partial charge is 0.346 e. The summed E-state index contributed by atoms with van der Waals surface area (Å²) in [6.07, 6.45) is 2.77. The van der Waals surface area contributed by atoms with Gasteiger partial charge in [-0.1, -0.05) is 24.6 Å². The van der Waals surface area contributed by atoms with Crippen LogP contribution in [-0.4, -0.2) is 36.2 Å². The highest BCUT2D eigenvalue weighted by molar-refractivity contribution is 7.89. The molecule has 158 valence electrons. The number of aryl methyl sites for hydroxylation is 1. The van der Waals surface area contributed by atoms with Gasteiger partial charge in [-0.15, -0.1) is 11.3 Å². The van der Waals surface area contributed by atoms with E-state index in [9.17, 15) is 13.2 Å². The number of fused-ring (bicyclic) bond motifs is 1. The highest BCUT2D eigenvalue weighted by Gasteiger charge is 2.31. The van der Waals surface area contributed by atoms with Crippen LogP contribution in [0.15, 0.2) is 47.4 Å². The number of hydrogen-bond donors (Lipinski definition) is 1. The minimum atomic E-state index is -3.63. The van der Waals surface area contributed by atoms with Gasteiger partial charge in [-0.3, -0.25) is 4.79 Å². The van der Waals surface area contributed by atoms with Gasteiger partial charge in [0.1, 0.15) is 5.01 Å². The van der Waals surface area contributed by atoms with Gasteiger partial charge in [-0.25, -0.2) is 13.4 Å². The van der Waals surface area contributed by atoms with Crippen molar-refractivity contribution in [3.63, 3.8) is 0 Å². The molecule has 0 saturated carbocycles. The van der Waals surface area contributed by atoms with E-state index < -0.39 is 10.0 Å². The van der Waals surface area contributed by atoms with Crippen molar-refractivity contribution in [2.24, 2.45) is 0 Å². The number of amides is 1. The van der Waals surface area contributed by atoms with Crippen molar-refractivity contribution >= 4 is 37.5 Å². The van der Waals surface area contributed by atoms with Crippen molar-refractivity contribution in [1.29, 1.82) is 0 Å². The summed E-state index contributed by atoms with van der Waals surface area (Å²) in [7, 11) is -3.63. The fourth-order valence-electron chi connectivity index (χ4n) is 3.82. The van der Waals surface area contributed by atoms with E-state index in [-0.39, 0.29) is 16.8 Å². The Morgan fingerprint density at radius 2 is 2.03 bits per heavy atom. The Kier molecular flexibility index (Phi) is 5.90. The summed E-state index contributed by atoms with van der Waals surface area (Å²) >= 11 is 1.54. The lowest BCUT2D eigenvalue weighted by molar-refractivity contribution is 0.0950. The molecule has 1 fully saturated rings. The van der Waals surface area contributed by atoms with Gasteiger partial charge in [0.15, 0.2) is 0 Å². The van der Waals surface area contributed by atoms with E-state index in [0.29, 0.717) is 18.7 Å². The van der Waals surface area contributed by atoms with Gasteiger partial charge in [0.05, 0.1) is 21.7 Å². The molecule has 1 saturated heterocycles. The molecule has 30 heavy (non-hydrogen) atoms. The smallest absolute Gasteiger partial charge is 0.251 e. The molecule has 4 rings (SSSR count). The number of sulfonamides is 1. The predicted octanol–water partition coefficient (Wildman–Crippen LogP) is 4.10. The summed E-state index contributed by atoms with van der Waals surface area (Å²) in [5.41, 5.74) is 2.02. The number of nitrogens with zero attached hydrogens (tertiary/aromatic N) is 2. The summed E-state index contributed by atoms with van der Waals surface area (Å²) in [6, 6.07) is 12.6. The first-order valence-electron chi connectivity index (χ1n) is 10.1. The zero-order chi connectivity index (χ0) is 21.3. The minimum Gasteiger partial charge on any atom is -0.346 e. The van der Waals surface area contributed by atoms with Crippen LogP contribution < -0.4 is 5.32 Å². The van der Waals surface area contributed by atoms with E-state index in [2.05, 4.69) is 10.3 Å². The molecule has 0 spiro atoms. The molecule has 8 heteroatoms. The Hall–Kier alpha value is -2.29. The van der Waals surface area contributed by atoms with Gasteiger partial charge in [-0.2, -0.15) is 4.31 Å². The molecule has 1 aliphatic heterocycles. The van der Waals surface area contributed by atoms with Crippen LogP contribution >= 0.6 is 11.3 Å². The van der Waals surface area contributed by atoms with E-state index in [1.807, 2.05) is 38.1 Å². The van der Waals surface area contributed by atoms with Crippen molar-refractivity contribution < 1.29 is 13.2 Å². The molecule has 1 aromatic heterocycles. The molecule has 1 atom stereocenters. The van der Waals surface area contributed by atoms with Crippen molar-refractivity contribution in [3.05, 3.63) is 58.6 Å². The Morgan fingerprint density at radius 1 is 1.23 bits per heavy atom. The Labute approximate surface area is 181 Å². The maximum atomic E-state index is 13.1. The number of carbonyl (C=O) groups is 1. The lowest BCUT2D eigenvalue weighted by Crippen LogP contribution is -2.42. The van der Waals surface area contributed by atoms with Gasteiger partial charge in [0, 0.05) is 18.2 Å². The maximum absolute atomic E-state index is 13.1. The normalized spacial score (nSPS) is 17.9. The van der Waals surface area contributed by atoms with Crippen molar-refractivity contribution in [1.82, 2.24) is 14.6 Å². The number of aromatic nitrogens is 1. The van der Waals surface area contributed by atoms with E-state index in [1.165, 1.54) is 17.4 Å². The Bertz CT molecular complexity index is 1150. The van der Waals surface area contributed by atoms with Crippen molar-refractivity contribution in [2.45, 2.75) is 50.6 Å². The number of benzene rings is 2. The molecule has 1 unspecified atom stereocenters. The molecule has 1 amide bonds. The fourth-order valence-corrected chi connectivity index (χ4v) is 6.45. The number of para-hydroxylation sites is 1. The first-order valence-corrected chi connectivity index (χ1v) is 12.4. The minimum absolute atomic E-state index is 0.0265. The quantitative estimate of drug-likeness (QED) is 0.644. The summed E-state index contributed by atoms with van der Waals surface area (Å²) in [4.78, 5) is 17.5. The van der Waals surface area contributed by atoms with Gasteiger partial charge in [0.25, 0.3) is 5.91 Å². The predicted molar refractivity (Wildman–Crippen MR) is 119 cm³/mol. The second kappa shape index (κ2) is 8.45. The maximum Gasteiger partial charge on any atom is 0.251 e. The Morgan fingerprint density at radius 3 is 2.80 bits per heavy atom. The molecule has 6 nitrogen and oxygen atoms in total. The lowest BCUT2D eigenvalue weighted by Gasteiger charge is -2.32. The number of hydrogen-bond acceptors (Lipinski definition) is 5. The van der Waals surface area contributed by atoms with E-state index in [1.54, 1.807) is 16.4 Å². The molecule has 3 aromatic rings. The zero-order valence-electron chi connectivity index (χ0n) is 17.1. The zero-order valence-corrected chi connectivity index (χ0v) is 18.7. The van der Waals surface area contributed by atoms with Crippen LogP contribution in [0.4, 0.5) is 0 Å². The van der Waals surface area contributed by atoms with Gasteiger partial charge in [0.2, 0.25) is 10.0 Å². The van der Waals surface area contributed by atoms with E-state index in [4.69, 9.17) is 0 Å². The van der Waals surface area contributed by atoms with E-state index in [0.717, 1.165) is 40.1 Å². The summed E-state index contributed by atoms with van der Waals surface area (Å²) in [5.74, 6) is -0.296. The Balaban J connectivity index is 1.54. The van der Waals surface area contributed by atoms with Gasteiger partial charge in [-0.05, 0) is 56.5 Å². The van der Waals surface area contributed by atoms with Crippen LogP contribution in [0.5, 0.6) is 0 Å². The standard InChI is InChI=1S/C22H25N3O3S2/c1-15-10-11-17(30(27,28)25-12-6-5-7-16(25)2)13-18(15)22(26)23-14-21-24-19-8-3-4-9-20(19)29-21/h3-4,8-11,13,16H,5-7,12,14H2,1-2H3,(H,23,26). The molecule has 0 radical (unpaired) electrons. The second-order valence-corrected chi connectivity index (χ2v) is 10.7. The van der Waals surface area contributed by atoms with Gasteiger partial charge < -0.3 is 5.32 Å².